The van der Waals surface area contributed by atoms with Crippen LogP contribution in [0.5, 0.6) is 0 Å². The van der Waals surface area contributed by atoms with Gasteiger partial charge in [0.15, 0.2) is 18.9 Å². The Hall–Kier alpha value is -0.860. The van der Waals surface area contributed by atoms with Gasteiger partial charge in [0.1, 0.15) is 67.1 Å². The van der Waals surface area contributed by atoms with Gasteiger partial charge >= 0.3 is 0 Å². The summed E-state index contributed by atoms with van der Waals surface area (Å²) in [5.74, 6) is 0. The fourth-order valence-electron chi connectivity index (χ4n) is 4.76. The fraction of sp³-hybridized carbons (Fsp3) is 0.920. The van der Waals surface area contributed by atoms with Gasteiger partial charge < -0.3 is 74.4 Å². The summed E-state index contributed by atoms with van der Waals surface area (Å²) in [5, 5.41) is 91.6. The number of rotatable bonds is 13. The van der Waals surface area contributed by atoms with Crippen LogP contribution in [-0.2, 0) is 28.4 Å². The van der Waals surface area contributed by atoms with Crippen molar-refractivity contribution in [2.24, 2.45) is 0 Å². The third-order valence-corrected chi connectivity index (χ3v) is 7.33. The molecular weight excluding hydrogens is 540 g/mol. The van der Waals surface area contributed by atoms with Crippen molar-refractivity contribution in [3.8, 4) is 0 Å². The summed E-state index contributed by atoms with van der Waals surface area (Å²) in [7, 11) is 0. The normalized spacial score (nSPS) is 45.2. The molecule has 3 fully saturated rings. The van der Waals surface area contributed by atoms with Crippen molar-refractivity contribution in [3.63, 3.8) is 0 Å². The van der Waals surface area contributed by atoms with Crippen LogP contribution in [0.3, 0.4) is 0 Å². The summed E-state index contributed by atoms with van der Waals surface area (Å²) < 4.78 is 33.7. The molecule has 15 atom stereocenters. The van der Waals surface area contributed by atoms with Crippen molar-refractivity contribution in [1.82, 2.24) is 0 Å². The second-order valence-electron chi connectivity index (χ2n) is 10.3. The van der Waals surface area contributed by atoms with E-state index in [0.29, 0.717) is 6.42 Å². The molecule has 9 N–H and O–H groups in total. The Morgan fingerprint density at radius 2 is 1.45 bits per heavy atom. The largest absolute Gasteiger partial charge is 0.394 e. The molecule has 0 saturated carbocycles. The first-order valence-electron chi connectivity index (χ1n) is 13.6. The minimum atomic E-state index is -1.78. The molecule has 0 aliphatic carbocycles. The predicted molar refractivity (Wildman–Crippen MR) is 132 cm³/mol. The Labute approximate surface area is 232 Å². The minimum Gasteiger partial charge on any atom is -0.394 e. The zero-order valence-electron chi connectivity index (χ0n) is 22.4. The summed E-state index contributed by atoms with van der Waals surface area (Å²) in [6.07, 6.45) is -17.2. The molecule has 0 aromatic rings. The van der Waals surface area contributed by atoms with Crippen molar-refractivity contribution in [1.29, 1.82) is 0 Å². The van der Waals surface area contributed by atoms with E-state index in [0.717, 1.165) is 19.3 Å². The zero-order valence-corrected chi connectivity index (χ0v) is 22.4. The molecule has 0 spiro atoms. The Balaban J connectivity index is 1.75. The van der Waals surface area contributed by atoms with E-state index < -0.39 is 105 Å². The van der Waals surface area contributed by atoms with E-state index in [2.05, 4.69) is 6.58 Å². The highest BCUT2D eigenvalue weighted by molar-refractivity contribution is 4.95. The summed E-state index contributed by atoms with van der Waals surface area (Å²) in [5.41, 5.74) is 0. The lowest BCUT2D eigenvalue weighted by Gasteiger charge is -2.46. The molecule has 234 valence electrons. The Bertz CT molecular complexity index is 758. The third kappa shape index (κ3) is 7.94. The second kappa shape index (κ2) is 15.6. The average molecular weight is 585 g/mol. The quantitative estimate of drug-likeness (QED) is 0.0746. The van der Waals surface area contributed by atoms with E-state index in [1.165, 1.54) is 6.08 Å². The van der Waals surface area contributed by atoms with Crippen molar-refractivity contribution in [2.45, 2.75) is 125 Å². The van der Waals surface area contributed by atoms with Crippen LogP contribution in [-0.4, -0.2) is 158 Å². The van der Waals surface area contributed by atoms with Gasteiger partial charge in [0, 0.05) is 0 Å². The first-order valence-corrected chi connectivity index (χ1v) is 13.6. The van der Waals surface area contributed by atoms with E-state index in [4.69, 9.17) is 28.4 Å². The monoisotopic (exact) mass is 584 g/mol. The van der Waals surface area contributed by atoms with Crippen molar-refractivity contribution in [3.05, 3.63) is 12.7 Å². The van der Waals surface area contributed by atoms with E-state index >= 15 is 0 Å². The lowest BCUT2D eigenvalue weighted by atomic mass is 9.97. The molecule has 3 aliphatic heterocycles. The fourth-order valence-corrected chi connectivity index (χ4v) is 4.76. The molecule has 0 bridgehead atoms. The van der Waals surface area contributed by atoms with E-state index in [1.807, 2.05) is 6.92 Å². The molecule has 0 aromatic heterocycles. The van der Waals surface area contributed by atoms with E-state index in [-0.39, 0.29) is 6.61 Å². The molecule has 15 heteroatoms. The molecular formula is C25H44O15. The van der Waals surface area contributed by atoms with Gasteiger partial charge in [0.2, 0.25) is 0 Å². The van der Waals surface area contributed by atoms with Crippen LogP contribution < -0.4 is 0 Å². The highest BCUT2D eigenvalue weighted by atomic mass is 16.8. The highest BCUT2D eigenvalue weighted by Gasteiger charge is 2.51. The number of hydrogen-bond donors (Lipinski definition) is 9. The Morgan fingerprint density at radius 3 is 2.10 bits per heavy atom. The molecule has 15 nitrogen and oxygen atoms in total. The number of aliphatic hydroxyl groups is 9. The van der Waals surface area contributed by atoms with E-state index in [9.17, 15) is 46.0 Å². The van der Waals surface area contributed by atoms with Crippen molar-refractivity contribution >= 4 is 0 Å². The smallest absolute Gasteiger partial charge is 0.187 e. The van der Waals surface area contributed by atoms with Crippen LogP contribution in [0.1, 0.15) is 32.6 Å². The SMILES string of the molecule is C=C[C@@H](CCCCC)O[C@@H]1O[C@H](CO[C@H]2OC[C@H](O)[C@H](O)[C@@H]2O)[C@@H](O)[C@H](O)[C@H]1O[C@@H]1O[C@H](CO)[C@@H](O)[C@H](O)[C@H]1O. The molecule has 3 heterocycles. The van der Waals surface area contributed by atoms with Crippen LogP contribution in [0, 0.1) is 0 Å². The maximum Gasteiger partial charge on any atom is 0.187 e. The zero-order chi connectivity index (χ0) is 29.6. The molecule has 40 heavy (non-hydrogen) atoms. The van der Waals surface area contributed by atoms with Gasteiger partial charge in [-0.25, -0.2) is 0 Å². The summed E-state index contributed by atoms with van der Waals surface area (Å²) in [6.45, 7) is 4.36. The summed E-state index contributed by atoms with van der Waals surface area (Å²) >= 11 is 0. The molecule has 3 aliphatic rings. The van der Waals surface area contributed by atoms with Crippen molar-refractivity contribution < 1.29 is 74.4 Å². The van der Waals surface area contributed by atoms with Crippen LogP contribution in [0.25, 0.3) is 0 Å². The Morgan fingerprint density at radius 1 is 0.800 bits per heavy atom. The number of hydrogen-bond acceptors (Lipinski definition) is 15. The number of ether oxygens (including phenoxy) is 6. The van der Waals surface area contributed by atoms with Crippen LogP contribution >= 0.6 is 0 Å². The van der Waals surface area contributed by atoms with Gasteiger partial charge in [-0.2, -0.15) is 0 Å². The lowest BCUT2D eigenvalue weighted by Crippen LogP contribution is -2.65. The van der Waals surface area contributed by atoms with Gasteiger partial charge in [0.05, 0.1) is 25.9 Å². The molecule has 0 amide bonds. The van der Waals surface area contributed by atoms with Crippen LogP contribution in [0.4, 0.5) is 0 Å². The van der Waals surface area contributed by atoms with Gasteiger partial charge in [-0.3, -0.25) is 0 Å². The topological polar surface area (TPSA) is 237 Å². The standard InChI is InChI=1S/C25H44O15/c1-3-5-6-7-11(4-2)37-25-22(40-24-21(34)18(31)16(29)13(8-26)38-24)19(32)17(30)14(39-25)10-36-23-20(33)15(28)12(27)9-35-23/h4,11-34H,2-3,5-10H2,1H3/t11-,12-,13+,14+,15-,16+,17+,18-,19-,20-,21+,22+,23+,24-,25+/m0/s1. The predicted octanol–water partition coefficient (Wildman–Crippen LogP) is -3.77. The first kappa shape index (κ1) is 33.6. The minimum absolute atomic E-state index is 0.306. The number of unbranched alkanes of at least 4 members (excludes halogenated alkanes) is 2. The van der Waals surface area contributed by atoms with Crippen molar-refractivity contribution in [2.75, 3.05) is 19.8 Å². The first-order chi connectivity index (χ1) is 19.0. The highest BCUT2D eigenvalue weighted by Crippen LogP contribution is 2.31. The van der Waals surface area contributed by atoms with Crippen LogP contribution in [0.15, 0.2) is 12.7 Å². The van der Waals surface area contributed by atoms with Gasteiger partial charge in [-0.1, -0.05) is 32.3 Å². The summed E-state index contributed by atoms with van der Waals surface area (Å²) in [4.78, 5) is 0. The van der Waals surface area contributed by atoms with Crippen LogP contribution in [0.2, 0.25) is 0 Å². The molecule has 0 aromatic carbocycles. The third-order valence-electron chi connectivity index (χ3n) is 7.33. The van der Waals surface area contributed by atoms with Gasteiger partial charge in [-0.15, -0.1) is 6.58 Å². The Kier molecular flexibility index (Phi) is 13.1. The van der Waals surface area contributed by atoms with E-state index in [1.54, 1.807) is 0 Å². The molecule has 3 saturated heterocycles. The number of aliphatic hydroxyl groups excluding tert-OH is 9. The molecule has 0 radical (unpaired) electrons. The summed E-state index contributed by atoms with van der Waals surface area (Å²) in [6, 6.07) is 0. The molecule has 0 unspecified atom stereocenters. The molecule has 3 rings (SSSR count). The van der Waals surface area contributed by atoms with Gasteiger partial charge in [0.25, 0.3) is 0 Å². The second-order valence-corrected chi connectivity index (χ2v) is 10.3. The average Bonchev–Trinajstić information content (AvgIpc) is 2.95. The lowest BCUT2D eigenvalue weighted by molar-refractivity contribution is -0.373. The maximum atomic E-state index is 11.0. The van der Waals surface area contributed by atoms with Gasteiger partial charge in [-0.05, 0) is 6.42 Å². The maximum absolute atomic E-state index is 11.0.